The van der Waals surface area contributed by atoms with Crippen molar-refractivity contribution in [2.45, 2.75) is 38.3 Å². The lowest BCUT2D eigenvalue weighted by Gasteiger charge is -2.34. The summed E-state index contributed by atoms with van der Waals surface area (Å²) in [4.78, 5) is 38.2. The third-order valence-corrected chi connectivity index (χ3v) is 8.99. The van der Waals surface area contributed by atoms with Crippen LogP contribution in [0.3, 0.4) is 0 Å². The summed E-state index contributed by atoms with van der Waals surface area (Å²) in [5.41, 5.74) is 3.36. The molecule has 2 bridgehead atoms. The molecule has 7 rings (SSSR count). The zero-order valence-electron chi connectivity index (χ0n) is 22.5. The Morgan fingerprint density at radius 2 is 1.95 bits per heavy atom. The first kappa shape index (κ1) is 24.4. The van der Waals surface area contributed by atoms with Gasteiger partial charge in [0.1, 0.15) is 16.6 Å². The third-order valence-electron chi connectivity index (χ3n) is 7.94. The minimum Gasteiger partial charge on any atom is -0.345 e. The van der Waals surface area contributed by atoms with E-state index in [1.165, 1.54) is 25.8 Å². The predicted molar refractivity (Wildman–Crippen MR) is 155 cm³/mol. The van der Waals surface area contributed by atoms with E-state index in [1.54, 1.807) is 30.3 Å². The molecule has 1 aromatic carbocycles. The van der Waals surface area contributed by atoms with Gasteiger partial charge in [-0.25, -0.2) is 15.0 Å². The van der Waals surface area contributed by atoms with Gasteiger partial charge in [0, 0.05) is 81.0 Å². The van der Waals surface area contributed by atoms with E-state index in [4.69, 9.17) is 15.0 Å². The van der Waals surface area contributed by atoms with Crippen molar-refractivity contribution in [2.75, 3.05) is 43.9 Å². The average Bonchev–Trinajstić information content (AvgIpc) is 3.31. The second-order valence-corrected chi connectivity index (χ2v) is 12.3. The minimum absolute atomic E-state index is 0.0250. The van der Waals surface area contributed by atoms with Gasteiger partial charge in [-0.3, -0.25) is 9.69 Å². The molecule has 4 aromatic rings. The molecule has 1 N–H and O–H groups in total. The molecule has 1 aliphatic carbocycles. The van der Waals surface area contributed by atoms with Gasteiger partial charge in [0.2, 0.25) is 5.95 Å². The Hall–Kier alpha value is -3.63. The first-order chi connectivity index (χ1) is 18.9. The molecular formula is C29H32N8OS. The molecule has 0 unspecified atom stereocenters. The summed E-state index contributed by atoms with van der Waals surface area (Å²) in [5, 5.41) is 4.25. The van der Waals surface area contributed by atoms with E-state index >= 15 is 0 Å². The first-order valence-electron chi connectivity index (χ1n) is 13.6. The van der Waals surface area contributed by atoms with E-state index in [0.717, 1.165) is 57.3 Å². The number of aryl methyl sites for hydroxylation is 1. The second kappa shape index (κ2) is 9.53. The number of pyridine rings is 1. The van der Waals surface area contributed by atoms with Crippen molar-refractivity contribution in [1.82, 2.24) is 29.7 Å². The van der Waals surface area contributed by atoms with E-state index in [-0.39, 0.29) is 5.91 Å². The normalized spacial score (nSPS) is 20.6. The van der Waals surface area contributed by atoms with Crippen molar-refractivity contribution >= 4 is 45.0 Å². The van der Waals surface area contributed by atoms with Crippen LogP contribution >= 0.6 is 11.3 Å². The van der Waals surface area contributed by atoms with Gasteiger partial charge < -0.3 is 15.1 Å². The van der Waals surface area contributed by atoms with Crippen LogP contribution in [0.2, 0.25) is 0 Å². The SMILES string of the molecule is Cc1cc(Nc2cc3nc(-c4cccc(C(=O)N(C)C)c4)sc3cn2)nc(N2C[C@@H]3C[C@H]2CN3CC2CC2)n1. The Morgan fingerprint density at radius 3 is 2.72 bits per heavy atom. The molecule has 10 heteroatoms. The van der Waals surface area contributed by atoms with E-state index in [2.05, 4.69) is 20.1 Å². The number of likely N-dealkylation sites (tertiary alicyclic amines) is 1. The monoisotopic (exact) mass is 540 g/mol. The molecule has 2 atom stereocenters. The van der Waals surface area contributed by atoms with Gasteiger partial charge in [-0.1, -0.05) is 12.1 Å². The number of fused-ring (bicyclic) bond motifs is 3. The van der Waals surface area contributed by atoms with Gasteiger partial charge in [0.05, 0.1) is 10.2 Å². The van der Waals surface area contributed by atoms with Crippen molar-refractivity contribution in [2.24, 2.45) is 5.92 Å². The highest BCUT2D eigenvalue weighted by Gasteiger charge is 2.45. The Labute approximate surface area is 231 Å². The maximum atomic E-state index is 12.4. The quantitative estimate of drug-likeness (QED) is 0.365. The van der Waals surface area contributed by atoms with Crippen molar-refractivity contribution in [3.8, 4) is 10.6 Å². The number of carbonyl (C=O) groups is 1. The van der Waals surface area contributed by atoms with Crippen LogP contribution in [0.5, 0.6) is 0 Å². The summed E-state index contributed by atoms with van der Waals surface area (Å²) in [7, 11) is 3.52. The summed E-state index contributed by atoms with van der Waals surface area (Å²) in [6, 6.07) is 12.6. The second-order valence-electron chi connectivity index (χ2n) is 11.2. The zero-order valence-corrected chi connectivity index (χ0v) is 23.3. The molecule has 9 nitrogen and oxygen atoms in total. The fraction of sp³-hybridized carbons (Fsp3) is 0.414. The van der Waals surface area contributed by atoms with E-state index < -0.39 is 0 Å². The van der Waals surface area contributed by atoms with Crippen molar-refractivity contribution < 1.29 is 4.79 Å². The fourth-order valence-corrected chi connectivity index (χ4v) is 6.71. The van der Waals surface area contributed by atoms with Gasteiger partial charge in [0.25, 0.3) is 5.91 Å². The Morgan fingerprint density at radius 1 is 1.08 bits per heavy atom. The first-order valence-corrected chi connectivity index (χ1v) is 14.4. The van der Waals surface area contributed by atoms with Crippen LogP contribution in [0, 0.1) is 12.8 Å². The van der Waals surface area contributed by atoms with Crippen LogP contribution < -0.4 is 10.2 Å². The van der Waals surface area contributed by atoms with E-state index in [0.29, 0.717) is 23.5 Å². The predicted octanol–water partition coefficient (Wildman–Crippen LogP) is 4.58. The number of piperazine rings is 1. The number of anilines is 3. The molecule has 2 saturated heterocycles. The Kier molecular flexibility index (Phi) is 5.97. The highest BCUT2D eigenvalue weighted by molar-refractivity contribution is 7.21. The van der Waals surface area contributed by atoms with Gasteiger partial charge in [0.15, 0.2) is 0 Å². The maximum Gasteiger partial charge on any atom is 0.253 e. The van der Waals surface area contributed by atoms with Crippen LogP contribution in [-0.2, 0) is 0 Å². The molecule has 3 aromatic heterocycles. The Bertz CT molecular complexity index is 1560. The number of thiazole rings is 1. The number of nitrogens with one attached hydrogen (secondary N) is 1. The fourth-order valence-electron chi connectivity index (χ4n) is 5.80. The highest BCUT2D eigenvalue weighted by Crippen LogP contribution is 2.38. The van der Waals surface area contributed by atoms with Crippen molar-refractivity contribution in [3.05, 3.63) is 53.9 Å². The summed E-state index contributed by atoms with van der Waals surface area (Å²) in [5.74, 6) is 3.15. The Balaban J connectivity index is 1.09. The molecule has 3 fully saturated rings. The number of carbonyl (C=O) groups excluding carboxylic acids is 1. The number of hydrogen-bond donors (Lipinski definition) is 1. The molecule has 39 heavy (non-hydrogen) atoms. The summed E-state index contributed by atoms with van der Waals surface area (Å²) >= 11 is 1.57. The number of aromatic nitrogens is 4. The molecule has 3 aliphatic rings. The lowest BCUT2D eigenvalue weighted by Crippen LogP contribution is -2.47. The molecule has 5 heterocycles. The van der Waals surface area contributed by atoms with Gasteiger partial charge in [-0.05, 0) is 44.2 Å². The lowest BCUT2D eigenvalue weighted by molar-refractivity contribution is 0.0827. The molecule has 1 saturated carbocycles. The van der Waals surface area contributed by atoms with Crippen LogP contribution in [-0.4, -0.2) is 81.5 Å². The topological polar surface area (TPSA) is 90.4 Å². The molecule has 200 valence electrons. The molecule has 0 radical (unpaired) electrons. The van der Waals surface area contributed by atoms with Crippen LogP contribution in [0.25, 0.3) is 20.8 Å². The highest BCUT2D eigenvalue weighted by atomic mass is 32.1. The molecule has 2 aliphatic heterocycles. The summed E-state index contributed by atoms with van der Waals surface area (Å²) in [6.45, 7) is 5.41. The standard InChI is InChI=1S/C29H32N8OS/c1-17-9-26(34-29(31-17)37-16-21-11-22(37)15-36(21)14-18-7-8-18)33-25-12-23-24(13-30-25)39-27(32-23)19-5-4-6-20(10-19)28(38)35(2)3/h4-6,9-10,12-13,18,21-22H,7-8,11,14-16H2,1-3H3,(H,30,31,33,34)/t21-,22-/m0/s1. The molecule has 1 amide bonds. The van der Waals surface area contributed by atoms with Gasteiger partial charge in [-0.2, -0.15) is 4.98 Å². The number of rotatable bonds is 7. The number of benzene rings is 1. The summed E-state index contributed by atoms with van der Waals surface area (Å²) in [6.07, 6.45) is 5.86. The third kappa shape index (κ3) is 4.83. The van der Waals surface area contributed by atoms with Crippen molar-refractivity contribution in [1.29, 1.82) is 0 Å². The minimum atomic E-state index is -0.0250. The number of nitrogens with zero attached hydrogens (tertiary/aromatic N) is 7. The van der Waals surface area contributed by atoms with Crippen molar-refractivity contribution in [3.63, 3.8) is 0 Å². The number of amides is 1. The molecular weight excluding hydrogens is 508 g/mol. The average molecular weight is 541 g/mol. The van der Waals surface area contributed by atoms with Gasteiger partial charge in [-0.15, -0.1) is 11.3 Å². The van der Waals surface area contributed by atoms with Gasteiger partial charge >= 0.3 is 0 Å². The smallest absolute Gasteiger partial charge is 0.253 e. The largest absolute Gasteiger partial charge is 0.345 e. The zero-order chi connectivity index (χ0) is 26.7. The van der Waals surface area contributed by atoms with Crippen LogP contribution in [0.4, 0.5) is 17.6 Å². The molecule has 0 spiro atoms. The van der Waals surface area contributed by atoms with Crippen LogP contribution in [0.15, 0.2) is 42.6 Å². The van der Waals surface area contributed by atoms with Crippen LogP contribution in [0.1, 0.15) is 35.3 Å². The maximum absolute atomic E-state index is 12.4. The number of hydrogen-bond acceptors (Lipinski definition) is 9. The lowest BCUT2D eigenvalue weighted by atomic mass is 10.1. The summed E-state index contributed by atoms with van der Waals surface area (Å²) < 4.78 is 0.989. The van der Waals surface area contributed by atoms with E-state index in [9.17, 15) is 4.79 Å². The van der Waals surface area contributed by atoms with E-state index in [1.807, 2.05) is 49.5 Å².